The fourth-order valence-corrected chi connectivity index (χ4v) is 8.35. The largest absolute Gasteiger partial charge is 0.370 e. The number of hydrogen-bond acceptors (Lipinski definition) is 9. The number of pyridine rings is 1. The van der Waals surface area contributed by atoms with E-state index in [0.29, 0.717) is 56.0 Å². The lowest BCUT2D eigenvalue weighted by Gasteiger charge is -2.38. The molecule has 3 atom stereocenters. The minimum Gasteiger partial charge on any atom is -0.370 e. The topological polar surface area (TPSA) is 187 Å². The molecule has 5 amide bonds. The fraction of sp³-hybridized carbons (Fsp3) is 0.543. The van der Waals surface area contributed by atoms with Crippen molar-refractivity contribution in [2.75, 3.05) is 36.4 Å². The number of aromatic nitrogens is 5. The van der Waals surface area contributed by atoms with Gasteiger partial charge in [-0.25, -0.2) is 13.8 Å². The molecule has 274 valence electrons. The maximum absolute atomic E-state index is 14.3. The van der Waals surface area contributed by atoms with Crippen molar-refractivity contribution in [3.05, 3.63) is 53.4 Å². The number of nitrogens with one attached hydrogen (secondary N) is 4. The van der Waals surface area contributed by atoms with Crippen LogP contribution in [0.4, 0.5) is 20.2 Å². The summed E-state index contributed by atoms with van der Waals surface area (Å²) in [5.74, 6) is -5.26. The minimum absolute atomic E-state index is 0.0612. The summed E-state index contributed by atoms with van der Waals surface area (Å²) in [6, 6.07) is 2.70. The maximum atomic E-state index is 14.3. The van der Waals surface area contributed by atoms with Crippen LogP contribution in [0.3, 0.4) is 0 Å². The average molecular weight is 719 g/mol. The van der Waals surface area contributed by atoms with Crippen LogP contribution in [0, 0.1) is 17.3 Å². The number of nitrogens with zero attached hydrogens (tertiary/aromatic N) is 6. The van der Waals surface area contributed by atoms with Gasteiger partial charge >= 0.3 is 0 Å². The van der Waals surface area contributed by atoms with Gasteiger partial charge in [0.1, 0.15) is 11.7 Å². The number of hydrogen-bond donors (Lipinski definition) is 4. The molecular weight excluding hydrogens is 678 g/mol. The highest BCUT2D eigenvalue weighted by Gasteiger charge is 2.78. The molecule has 3 aliphatic heterocycles. The molecular formula is C35H40F2N10O5. The normalized spacial score (nSPS) is 25.9. The van der Waals surface area contributed by atoms with Gasteiger partial charge in [0, 0.05) is 73.7 Å². The zero-order valence-electron chi connectivity index (χ0n) is 28.7. The van der Waals surface area contributed by atoms with Crippen molar-refractivity contribution in [2.24, 2.45) is 17.3 Å². The zero-order valence-corrected chi connectivity index (χ0v) is 28.7. The molecule has 0 spiro atoms. The van der Waals surface area contributed by atoms with Gasteiger partial charge in [-0.1, -0.05) is 6.92 Å². The molecule has 3 aromatic rings. The Labute approximate surface area is 297 Å². The van der Waals surface area contributed by atoms with Gasteiger partial charge in [0.15, 0.2) is 5.69 Å². The van der Waals surface area contributed by atoms with Crippen LogP contribution < -0.4 is 20.9 Å². The number of anilines is 2. The first-order valence-electron chi connectivity index (χ1n) is 17.8. The highest BCUT2D eigenvalue weighted by Crippen LogP contribution is 2.70. The van der Waals surface area contributed by atoms with Gasteiger partial charge in [0.2, 0.25) is 17.7 Å². The summed E-state index contributed by atoms with van der Waals surface area (Å²) in [6.45, 7) is 4.13. The third-order valence-corrected chi connectivity index (χ3v) is 11.7. The van der Waals surface area contributed by atoms with Gasteiger partial charge in [-0.2, -0.15) is 10.2 Å². The van der Waals surface area contributed by atoms with Gasteiger partial charge < -0.3 is 20.4 Å². The Hall–Kier alpha value is -5.22. The van der Waals surface area contributed by atoms with Crippen molar-refractivity contribution in [3.8, 4) is 0 Å². The van der Waals surface area contributed by atoms with Crippen LogP contribution in [0.5, 0.6) is 0 Å². The molecule has 4 N–H and O–H groups in total. The Morgan fingerprint density at radius 2 is 1.75 bits per heavy atom. The Balaban J connectivity index is 0.785. The highest BCUT2D eigenvalue weighted by molar-refractivity contribution is 6.04. The van der Waals surface area contributed by atoms with E-state index in [2.05, 4.69) is 41.1 Å². The molecule has 6 heterocycles. The predicted molar refractivity (Wildman–Crippen MR) is 180 cm³/mol. The number of alkyl halides is 2. The lowest BCUT2D eigenvalue weighted by atomic mass is 9.87. The van der Waals surface area contributed by atoms with E-state index in [1.807, 2.05) is 9.58 Å². The van der Waals surface area contributed by atoms with Crippen LogP contribution in [-0.4, -0.2) is 97.5 Å². The van der Waals surface area contributed by atoms with Crippen molar-refractivity contribution in [1.29, 1.82) is 0 Å². The van der Waals surface area contributed by atoms with Gasteiger partial charge in [-0.3, -0.25) is 39.1 Å². The summed E-state index contributed by atoms with van der Waals surface area (Å²) in [4.78, 5) is 70.8. The van der Waals surface area contributed by atoms with Crippen molar-refractivity contribution in [2.45, 2.75) is 76.3 Å². The summed E-state index contributed by atoms with van der Waals surface area (Å²) >= 11 is 0. The van der Waals surface area contributed by atoms with Crippen molar-refractivity contribution in [1.82, 2.24) is 40.5 Å². The Morgan fingerprint density at radius 3 is 2.46 bits per heavy atom. The first kappa shape index (κ1) is 33.9. The van der Waals surface area contributed by atoms with E-state index >= 15 is 0 Å². The molecule has 0 aromatic carbocycles. The van der Waals surface area contributed by atoms with Crippen LogP contribution in [0.15, 0.2) is 30.7 Å². The predicted octanol–water partition coefficient (Wildman–Crippen LogP) is 2.24. The number of likely N-dealkylation sites (tertiary alicyclic amines) is 1. The van der Waals surface area contributed by atoms with E-state index < -0.39 is 41.0 Å². The average Bonchev–Trinajstić information content (AvgIpc) is 3.57. The quantitative estimate of drug-likeness (QED) is 0.266. The smallest absolute Gasteiger partial charge is 0.276 e. The van der Waals surface area contributed by atoms with E-state index in [1.165, 1.54) is 0 Å². The third kappa shape index (κ3) is 5.98. The number of H-pyrrole nitrogens is 1. The first-order chi connectivity index (χ1) is 24.9. The minimum atomic E-state index is -2.74. The van der Waals surface area contributed by atoms with Gasteiger partial charge in [-0.05, 0) is 50.7 Å². The second-order valence-corrected chi connectivity index (χ2v) is 14.9. The third-order valence-electron chi connectivity index (χ3n) is 11.7. The summed E-state index contributed by atoms with van der Waals surface area (Å²) in [7, 11) is 0. The molecule has 5 aliphatic rings. The van der Waals surface area contributed by atoms with Crippen LogP contribution in [0.25, 0.3) is 0 Å². The van der Waals surface area contributed by atoms with Crippen molar-refractivity contribution >= 4 is 40.9 Å². The monoisotopic (exact) mass is 718 g/mol. The molecule has 1 saturated carbocycles. The Kier molecular flexibility index (Phi) is 8.33. The SMILES string of the molecule is C[C@@]12Cc3[nH]nc(C(=O)Nc4cnn(C5CCN(C(=O)C6CCN(c7ccc(C(=O)N[C@@H]8CCC(=O)NC8=O)nc7)CC6)CC5)c4)c3C[C@@H]1C2(F)F. The van der Waals surface area contributed by atoms with Gasteiger partial charge in [0.05, 0.1) is 29.8 Å². The number of halogens is 2. The molecule has 0 bridgehead atoms. The Morgan fingerprint density at radius 1 is 0.981 bits per heavy atom. The van der Waals surface area contributed by atoms with E-state index in [4.69, 9.17) is 0 Å². The second kappa shape index (κ2) is 12.8. The molecule has 3 saturated heterocycles. The van der Waals surface area contributed by atoms with Crippen LogP contribution in [0.2, 0.25) is 0 Å². The number of amides is 5. The highest BCUT2D eigenvalue weighted by atomic mass is 19.3. The summed E-state index contributed by atoms with van der Waals surface area (Å²) in [5.41, 5.74) is 1.75. The molecule has 0 unspecified atom stereocenters. The maximum Gasteiger partial charge on any atom is 0.276 e. The standard InChI is InChI=1S/C35H40F2N10O5/c1-34-15-26-23(14-27(34)35(34,36)37)29(44-43-26)32(51)40-20-16-39-47(18-20)21-8-12-46(13-9-21)33(52)19-6-10-45(11-7-19)22-2-3-24(38-17-22)30(49)41-25-4-5-28(48)42-31(25)50/h2-3,16-19,21,25,27H,4-15H2,1H3,(H,40,51)(H,41,49)(H,43,44)(H,42,48,50)/t25-,27+,34-/m1/s1. The van der Waals surface area contributed by atoms with Crippen LogP contribution in [0.1, 0.15) is 83.7 Å². The lowest BCUT2D eigenvalue weighted by Crippen LogP contribution is -2.52. The summed E-state index contributed by atoms with van der Waals surface area (Å²) in [6.07, 6.45) is 8.48. The molecule has 17 heteroatoms. The van der Waals surface area contributed by atoms with Crippen molar-refractivity contribution < 1.29 is 32.8 Å². The van der Waals surface area contributed by atoms with E-state index in [1.54, 1.807) is 37.6 Å². The molecule has 52 heavy (non-hydrogen) atoms. The molecule has 2 aliphatic carbocycles. The molecule has 0 radical (unpaired) electrons. The number of aromatic amines is 1. The number of imide groups is 1. The molecule has 15 nitrogen and oxygen atoms in total. The number of rotatable bonds is 7. The molecule has 8 rings (SSSR count). The van der Waals surface area contributed by atoms with Gasteiger partial charge in [-0.15, -0.1) is 0 Å². The van der Waals surface area contributed by atoms with Crippen molar-refractivity contribution in [3.63, 3.8) is 0 Å². The fourth-order valence-electron chi connectivity index (χ4n) is 8.35. The first-order valence-corrected chi connectivity index (χ1v) is 17.8. The zero-order chi connectivity index (χ0) is 36.4. The lowest BCUT2D eigenvalue weighted by molar-refractivity contribution is -0.137. The van der Waals surface area contributed by atoms with Crippen LogP contribution in [-0.2, 0) is 27.2 Å². The summed E-state index contributed by atoms with van der Waals surface area (Å²) in [5, 5.41) is 19.1. The summed E-state index contributed by atoms with van der Waals surface area (Å²) < 4.78 is 30.5. The molecule has 4 fully saturated rings. The van der Waals surface area contributed by atoms with E-state index in [9.17, 15) is 32.8 Å². The second-order valence-electron chi connectivity index (χ2n) is 14.9. The number of fused-ring (bicyclic) bond motifs is 2. The van der Waals surface area contributed by atoms with Crippen LogP contribution >= 0.6 is 0 Å². The molecule has 3 aromatic heterocycles. The number of carbonyl (C=O) groups excluding carboxylic acids is 5. The Bertz CT molecular complexity index is 1930. The number of piperidine rings is 3. The van der Waals surface area contributed by atoms with E-state index in [-0.39, 0.29) is 60.8 Å². The van der Waals surface area contributed by atoms with Gasteiger partial charge in [0.25, 0.3) is 17.7 Å². The van der Waals surface area contributed by atoms with E-state index in [0.717, 1.165) is 18.5 Å². The number of carbonyl (C=O) groups is 5.